The second-order valence-corrected chi connectivity index (χ2v) is 5.82. The van der Waals surface area contributed by atoms with Crippen LogP contribution in [0.3, 0.4) is 0 Å². The molecule has 1 amide bonds. The number of nitrogens with zero attached hydrogens (tertiary/aromatic N) is 2. The van der Waals surface area contributed by atoms with Gasteiger partial charge in [-0.15, -0.1) is 6.07 Å². The molecule has 3 nitrogen and oxygen atoms in total. The normalized spacial score (nSPS) is 21.4. The van der Waals surface area contributed by atoms with Gasteiger partial charge < -0.3 is 9.88 Å². The molecule has 1 saturated heterocycles. The monoisotopic (exact) mass is 451 g/mol. The number of carbonyl (C=O) groups excluding carboxylic acids is 1. The van der Waals surface area contributed by atoms with E-state index in [0.29, 0.717) is 12.0 Å². The topological polar surface area (TPSA) is 33.2 Å². The van der Waals surface area contributed by atoms with E-state index in [1.165, 1.54) is 0 Å². The molecule has 0 spiro atoms. The summed E-state index contributed by atoms with van der Waals surface area (Å²) in [5, 5.41) is 0.931. The maximum absolute atomic E-state index is 12.8. The quantitative estimate of drug-likeness (QED) is 0.625. The number of fused-ring (bicyclic) bond motifs is 1. The van der Waals surface area contributed by atoms with Crippen molar-refractivity contribution in [3.05, 3.63) is 41.6 Å². The molecule has 1 fully saturated rings. The summed E-state index contributed by atoms with van der Waals surface area (Å²) in [5.74, 6) is 0.675. The third kappa shape index (κ3) is 2.89. The van der Waals surface area contributed by atoms with Gasteiger partial charge in [-0.25, -0.2) is 0 Å². The van der Waals surface area contributed by atoms with Gasteiger partial charge in [0, 0.05) is 33.7 Å². The van der Waals surface area contributed by atoms with E-state index in [1.807, 2.05) is 30.0 Å². The van der Waals surface area contributed by atoms with Gasteiger partial charge in [0.1, 0.15) is 0 Å². The van der Waals surface area contributed by atoms with Gasteiger partial charge in [0.15, 0.2) is 5.91 Å². The van der Waals surface area contributed by atoms with E-state index in [-0.39, 0.29) is 27.0 Å². The van der Waals surface area contributed by atoms with E-state index < -0.39 is 0 Å². The van der Waals surface area contributed by atoms with Gasteiger partial charge in [0.05, 0.1) is 0 Å². The summed E-state index contributed by atoms with van der Waals surface area (Å²) in [7, 11) is 0. The third-order valence-electron chi connectivity index (χ3n) is 4.47. The molecule has 1 aromatic carbocycles. The Bertz CT molecular complexity index is 671. The third-order valence-corrected chi connectivity index (χ3v) is 4.47. The smallest absolute Gasteiger partial charge is 0.198 e. The number of amides is 1. The van der Waals surface area contributed by atoms with Gasteiger partial charge in [-0.2, -0.15) is 0 Å². The number of likely N-dealkylation sites (tertiary alicyclic amines) is 1. The Morgan fingerprint density at radius 3 is 2.81 bits per heavy atom. The van der Waals surface area contributed by atoms with Gasteiger partial charge >= 0.3 is 0 Å². The van der Waals surface area contributed by atoms with E-state index in [9.17, 15) is 4.79 Å². The van der Waals surface area contributed by atoms with Gasteiger partial charge in [-0.1, -0.05) is 47.8 Å². The van der Waals surface area contributed by atoms with Crippen LogP contribution in [0.5, 0.6) is 0 Å². The first kappa shape index (κ1) is 16.2. The van der Waals surface area contributed by atoms with Gasteiger partial charge in [0.25, 0.3) is 0 Å². The second kappa shape index (κ2) is 6.27. The molecule has 1 aliphatic heterocycles. The number of pyridine rings is 1. The van der Waals surface area contributed by atoms with Crippen LogP contribution in [0.15, 0.2) is 24.3 Å². The molecule has 2 atom stereocenters. The summed E-state index contributed by atoms with van der Waals surface area (Å²) in [6.45, 7) is 7.22. The standard InChI is InChI=1S/C17H19N2O.W/c1-11-4-5-16-15(10-11)14(6-8-18-16)17(20)19-9-7-12(2)13(19)3;/h4-6,10,12-13H,7,9H2,1-3H3;/q-1;. The molecule has 0 radical (unpaired) electrons. The van der Waals surface area contributed by atoms with E-state index in [0.717, 1.165) is 35.0 Å². The van der Waals surface area contributed by atoms with Crippen molar-refractivity contribution in [2.75, 3.05) is 6.54 Å². The minimum Gasteiger partial charge on any atom is -0.386 e. The van der Waals surface area contributed by atoms with Crippen molar-refractivity contribution in [3.63, 3.8) is 0 Å². The first-order valence-corrected chi connectivity index (χ1v) is 7.16. The zero-order chi connectivity index (χ0) is 14.3. The van der Waals surface area contributed by atoms with Crippen molar-refractivity contribution in [2.45, 2.75) is 33.2 Å². The van der Waals surface area contributed by atoms with Gasteiger partial charge in [-0.3, -0.25) is 4.79 Å². The Balaban J connectivity index is 0.00000161. The average molecular weight is 451 g/mol. The van der Waals surface area contributed by atoms with Crippen LogP contribution in [0.2, 0.25) is 0 Å². The number of hydrogen-bond donors (Lipinski definition) is 0. The molecular formula is C17H19N2OW-. The predicted octanol–water partition coefficient (Wildman–Crippen LogP) is 3.21. The Kier molecular flexibility index (Phi) is 4.83. The Morgan fingerprint density at radius 1 is 1.38 bits per heavy atom. The molecule has 1 aliphatic rings. The number of carbonyl (C=O) groups is 1. The van der Waals surface area contributed by atoms with Crippen molar-refractivity contribution in [3.8, 4) is 0 Å². The SMILES string of the molecule is Cc1ccc2n[c-]cc(C(=O)N3CCC(C)C3C)c2c1.[W]. The Labute approximate surface area is 140 Å². The summed E-state index contributed by atoms with van der Waals surface area (Å²) in [4.78, 5) is 19.0. The van der Waals surface area contributed by atoms with Crippen molar-refractivity contribution in [2.24, 2.45) is 5.92 Å². The van der Waals surface area contributed by atoms with Crippen LogP contribution < -0.4 is 0 Å². The fraction of sp³-hybridized carbons (Fsp3) is 0.412. The van der Waals surface area contributed by atoms with Crippen LogP contribution in [0.1, 0.15) is 36.2 Å². The molecule has 0 bridgehead atoms. The summed E-state index contributed by atoms with van der Waals surface area (Å²) in [5.41, 5.74) is 2.70. The molecule has 3 rings (SSSR count). The average Bonchev–Trinajstić information content (AvgIpc) is 2.77. The summed E-state index contributed by atoms with van der Waals surface area (Å²) in [6.07, 6.45) is 3.94. The molecule has 2 heterocycles. The van der Waals surface area contributed by atoms with E-state index in [1.54, 1.807) is 6.07 Å². The Morgan fingerprint density at radius 2 is 2.14 bits per heavy atom. The molecule has 110 valence electrons. The number of aryl methyl sites for hydroxylation is 1. The van der Waals surface area contributed by atoms with Crippen molar-refractivity contribution in [1.82, 2.24) is 9.88 Å². The fourth-order valence-corrected chi connectivity index (χ4v) is 2.92. The van der Waals surface area contributed by atoms with E-state index in [4.69, 9.17) is 0 Å². The minimum atomic E-state index is 0. The van der Waals surface area contributed by atoms with Crippen molar-refractivity contribution < 1.29 is 25.9 Å². The first-order chi connectivity index (χ1) is 9.58. The minimum absolute atomic E-state index is 0. The molecule has 0 N–H and O–H groups in total. The molecule has 21 heavy (non-hydrogen) atoms. The fourth-order valence-electron chi connectivity index (χ4n) is 2.92. The molecule has 4 heteroatoms. The summed E-state index contributed by atoms with van der Waals surface area (Å²) in [6, 6.07) is 8.02. The number of aromatic nitrogens is 1. The molecule has 2 unspecified atom stereocenters. The zero-order valence-electron chi connectivity index (χ0n) is 12.6. The second-order valence-electron chi connectivity index (χ2n) is 5.82. The maximum Gasteiger partial charge on any atom is 0.198 e. The Hall–Kier alpha value is -1.21. The van der Waals surface area contributed by atoms with Crippen molar-refractivity contribution in [1.29, 1.82) is 0 Å². The van der Waals surface area contributed by atoms with Gasteiger partial charge in [-0.05, 0) is 31.7 Å². The largest absolute Gasteiger partial charge is 0.386 e. The molecule has 0 saturated carbocycles. The summed E-state index contributed by atoms with van der Waals surface area (Å²) >= 11 is 0. The summed E-state index contributed by atoms with van der Waals surface area (Å²) < 4.78 is 0. The maximum atomic E-state index is 12.8. The molecule has 1 aromatic heterocycles. The van der Waals surface area contributed by atoms with Gasteiger partial charge in [0.2, 0.25) is 0 Å². The van der Waals surface area contributed by atoms with Crippen LogP contribution in [0, 0.1) is 19.0 Å². The number of hydrogen-bond acceptors (Lipinski definition) is 2. The zero-order valence-corrected chi connectivity index (χ0v) is 15.5. The van der Waals surface area contributed by atoms with Crippen LogP contribution >= 0.6 is 0 Å². The van der Waals surface area contributed by atoms with Crippen LogP contribution in [-0.2, 0) is 21.1 Å². The predicted molar refractivity (Wildman–Crippen MR) is 79.6 cm³/mol. The number of benzene rings is 1. The number of rotatable bonds is 1. The van der Waals surface area contributed by atoms with Crippen LogP contribution in [0.25, 0.3) is 10.9 Å². The van der Waals surface area contributed by atoms with Crippen molar-refractivity contribution >= 4 is 16.8 Å². The van der Waals surface area contributed by atoms with Crippen LogP contribution in [-0.4, -0.2) is 28.4 Å². The molecular weight excluding hydrogens is 432 g/mol. The molecule has 2 aromatic rings. The van der Waals surface area contributed by atoms with E-state index >= 15 is 0 Å². The molecule has 0 aliphatic carbocycles. The first-order valence-electron chi connectivity index (χ1n) is 7.16. The van der Waals surface area contributed by atoms with Crippen LogP contribution in [0.4, 0.5) is 0 Å². The van der Waals surface area contributed by atoms with E-state index in [2.05, 4.69) is 25.0 Å².